The lowest BCUT2D eigenvalue weighted by Crippen LogP contribution is -2.38. The van der Waals surface area contributed by atoms with Gasteiger partial charge in [0.05, 0.1) is 41.1 Å². The van der Waals surface area contributed by atoms with Gasteiger partial charge < -0.3 is 9.47 Å². The fourth-order valence-electron chi connectivity index (χ4n) is 3.68. The Bertz CT molecular complexity index is 610. The van der Waals surface area contributed by atoms with Crippen LogP contribution in [0.5, 0.6) is 0 Å². The molecule has 2 aliphatic rings. The molecule has 1 aromatic heterocycles. The minimum Gasteiger partial charge on any atom is -0.376 e. The first-order valence-corrected chi connectivity index (χ1v) is 11.0. The van der Waals surface area contributed by atoms with Crippen molar-refractivity contribution in [1.29, 1.82) is 0 Å². The van der Waals surface area contributed by atoms with E-state index in [1.807, 2.05) is 13.8 Å². The second-order valence-electron chi connectivity index (χ2n) is 6.92. The summed E-state index contributed by atoms with van der Waals surface area (Å²) < 4.78 is 38.6. The number of rotatable bonds is 6. The van der Waals surface area contributed by atoms with Crippen molar-refractivity contribution in [1.82, 2.24) is 9.29 Å². The molecular formula is C16H26N2O4S2. The van der Waals surface area contributed by atoms with Crippen LogP contribution in [0.3, 0.4) is 0 Å². The van der Waals surface area contributed by atoms with Crippen LogP contribution < -0.4 is 0 Å². The van der Waals surface area contributed by atoms with Gasteiger partial charge in [0, 0.05) is 19.3 Å². The quantitative estimate of drug-likeness (QED) is 0.764. The van der Waals surface area contributed by atoms with E-state index in [-0.39, 0.29) is 30.0 Å². The SMILES string of the molecule is C[C@@H]1CC(CS(=O)(=O)N2CCC(OCc3cncs3)C2)C[C@H](C)O1. The van der Waals surface area contributed by atoms with Crippen LogP contribution in [0.1, 0.15) is 38.0 Å². The number of aromatic nitrogens is 1. The molecule has 0 radical (unpaired) electrons. The molecule has 2 unspecified atom stereocenters. The Morgan fingerprint density at radius 1 is 1.38 bits per heavy atom. The maximum absolute atomic E-state index is 12.7. The fraction of sp³-hybridized carbons (Fsp3) is 0.812. The Kier molecular flexibility index (Phi) is 5.92. The van der Waals surface area contributed by atoms with Crippen molar-refractivity contribution in [3.05, 3.63) is 16.6 Å². The van der Waals surface area contributed by atoms with E-state index >= 15 is 0 Å². The molecule has 2 saturated heterocycles. The Morgan fingerprint density at radius 2 is 2.12 bits per heavy atom. The third-order valence-corrected chi connectivity index (χ3v) is 7.45. The van der Waals surface area contributed by atoms with Crippen molar-refractivity contribution in [3.63, 3.8) is 0 Å². The molecule has 136 valence electrons. The molecule has 0 amide bonds. The van der Waals surface area contributed by atoms with Gasteiger partial charge in [0.25, 0.3) is 0 Å². The van der Waals surface area contributed by atoms with Crippen LogP contribution in [0.25, 0.3) is 0 Å². The number of nitrogens with zero attached hydrogens (tertiary/aromatic N) is 2. The maximum Gasteiger partial charge on any atom is 0.214 e. The molecule has 0 aromatic carbocycles. The van der Waals surface area contributed by atoms with Gasteiger partial charge in [-0.3, -0.25) is 4.98 Å². The molecule has 0 saturated carbocycles. The van der Waals surface area contributed by atoms with Gasteiger partial charge >= 0.3 is 0 Å². The van der Waals surface area contributed by atoms with Crippen LogP contribution in [0, 0.1) is 5.92 Å². The molecule has 2 fully saturated rings. The minimum absolute atomic E-state index is 0.0191. The van der Waals surface area contributed by atoms with E-state index in [0.29, 0.717) is 19.7 Å². The van der Waals surface area contributed by atoms with Crippen molar-refractivity contribution in [2.75, 3.05) is 18.8 Å². The van der Waals surface area contributed by atoms with Gasteiger partial charge in [0.15, 0.2) is 0 Å². The van der Waals surface area contributed by atoms with Crippen LogP contribution in [-0.2, 0) is 26.1 Å². The van der Waals surface area contributed by atoms with E-state index in [0.717, 1.165) is 24.1 Å². The summed E-state index contributed by atoms with van der Waals surface area (Å²) in [5.74, 6) is 0.415. The van der Waals surface area contributed by atoms with Gasteiger partial charge in [0.2, 0.25) is 10.0 Å². The highest BCUT2D eigenvalue weighted by Gasteiger charge is 2.35. The number of hydrogen-bond acceptors (Lipinski definition) is 6. The molecule has 0 N–H and O–H groups in total. The van der Waals surface area contributed by atoms with Gasteiger partial charge in [-0.1, -0.05) is 0 Å². The highest BCUT2D eigenvalue weighted by atomic mass is 32.2. The Hall–Kier alpha value is -0.540. The summed E-state index contributed by atoms with van der Waals surface area (Å²) >= 11 is 1.56. The first-order chi connectivity index (χ1) is 11.4. The average molecular weight is 375 g/mol. The fourth-order valence-corrected chi connectivity index (χ4v) is 6.05. The van der Waals surface area contributed by atoms with Crippen molar-refractivity contribution < 1.29 is 17.9 Å². The first-order valence-electron chi connectivity index (χ1n) is 8.54. The van der Waals surface area contributed by atoms with Crippen LogP contribution >= 0.6 is 11.3 Å². The highest BCUT2D eigenvalue weighted by Crippen LogP contribution is 2.28. The first kappa shape index (κ1) is 18.3. The Balaban J connectivity index is 1.50. The second kappa shape index (κ2) is 7.78. The third-order valence-electron chi connectivity index (χ3n) is 4.69. The van der Waals surface area contributed by atoms with Gasteiger partial charge in [0.1, 0.15) is 0 Å². The molecule has 3 rings (SSSR count). The number of hydrogen-bond donors (Lipinski definition) is 0. The Morgan fingerprint density at radius 3 is 2.79 bits per heavy atom. The van der Waals surface area contributed by atoms with Gasteiger partial charge in [-0.2, -0.15) is 4.31 Å². The topological polar surface area (TPSA) is 68.7 Å². The molecule has 3 heterocycles. The number of ether oxygens (including phenoxy) is 2. The summed E-state index contributed by atoms with van der Waals surface area (Å²) in [4.78, 5) is 5.09. The monoisotopic (exact) mass is 374 g/mol. The normalized spacial score (nSPS) is 32.2. The van der Waals surface area contributed by atoms with E-state index < -0.39 is 10.0 Å². The highest BCUT2D eigenvalue weighted by molar-refractivity contribution is 7.89. The maximum atomic E-state index is 12.7. The second-order valence-corrected chi connectivity index (χ2v) is 9.91. The van der Waals surface area contributed by atoms with Crippen molar-refractivity contribution >= 4 is 21.4 Å². The van der Waals surface area contributed by atoms with Crippen molar-refractivity contribution in [2.24, 2.45) is 5.92 Å². The number of sulfonamides is 1. The lowest BCUT2D eigenvalue weighted by Gasteiger charge is -2.32. The van der Waals surface area contributed by atoms with Gasteiger partial charge in [-0.25, -0.2) is 8.42 Å². The molecule has 1 aromatic rings. The summed E-state index contributed by atoms with van der Waals surface area (Å²) in [7, 11) is -3.22. The predicted molar refractivity (Wildman–Crippen MR) is 93.4 cm³/mol. The van der Waals surface area contributed by atoms with Crippen LogP contribution in [0.4, 0.5) is 0 Å². The average Bonchev–Trinajstić information content (AvgIpc) is 3.15. The third kappa shape index (κ3) is 4.76. The van der Waals surface area contributed by atoms with Crippen LogP contribution in [0.15, 0.2) is 11.7 Å². The lowest BCUT2D eigenvalue weighted by molar-refractivity contribution is -0.0480. The van der Waals surface area contributed by atoms with Crippen LogP contribution in [-0.4, -0.2) is 54.9 Å². The zero-order valence-corrected chi connectivity index (χ0v) is 15.9. The van der Waals surface area contributed by atoms with Gasteiger partial charge in [-0.05, 0) is 39.0 Å². The molecule has 8 heteroatoms. The molecule has 0 aliphatic carbocycles. The Labute approximate surface area is 148 Å². The summed E-state index contributed by atoms with van der Waals surface area (Å²) in [5.41, 5.74) is 1.78. The minimum atomic E-state index is -3.22. The zero-order valence-electron chi connectivity index (χ0n) is 14.3. The summed E-state index contributed by atoms with van der Waals surface area (Å²) in [6.07, 6.45) is 4.46. The van der Waals surface area contributed by atoms with Crippen molar-refractivity contribution in [3.8, 4) is 0 Å². The van der Waals surface area contributed by atoms with Crippen LogP contribution in [0.2, 0.25) is 0 Å². The summed E-state index contributed by atoms with van der Waals surface area (Å²) in [5, 5.41) is 0. The summed E-state index contributed by atoms with van der Waals surface area (Å²) in [6.45, 7) is 5.58. The molecule has 0 spiro atoms. The largest absolute Gasteiger partial charge is 0.376 e. The van der Waals surface area contributed by atoms with Gasteiger partial charge in [-0.15, -0.1) is 11.3 Å². The molecule has 0 bridgehead atoms. The van der Waals surface area contributed by atoms with E-state index in [1.54, 1.807) is 27.3 Å². The zero-order chi connectivity index (χ0) is 17.2. The molecular weight excluding hydrogens is 348 g/mol. The predicted octanol–water partition coefficient (Wildman–Crippen LogP) is 2.27. The van der Waals surface area contributed by atoms with E-state index in [4.69, 9.17) is 9.47 Å². The van der Waals surface area contributed by atoms with E-state index in [9.17, 15) is 8.42 Å². The molecule has 24 heavy (non-hydrogen) atoms. The summed E-state index contributed by atoms with van der Waals surface area (Å²) in [6, 6.07) is 0. The smallest absolute Gasteiger partial charge is 0.214 e. The molecule has 6 nitrogen and oxygen atoms in total. The van der Waals surface area contributed by atoms with E-state index in [2.05, 4.69) is 4.98 Å². The molecule has 4 atom stereocenters. The molecule has 2 aliphatic heterocycles. The number of thiazole rings is 1. The van der Waals surface area contributed by atoms with E-state index in [1.165, 1.54) is 0 Å². The standard InChI is InChI=1S/C16H26N2O4S2/c1-12-5-14(6-13(2)22-12)10-24(19,20)18-4-3-15(8-18)21-9-16-7-17-11-23-16/h7,11-15H,3-6,8-10H2,1-2H3/t12-,13+,14?,15?. The lowest BCUT2D eigenvalue weighted by atomic mass is 9.94. The van der Waals surface area contributed by atoms with Crippen molar-refractivity contribution in [2.45, 2.75) is 58.0 Å².